The third kappa shape index (κ3) is 5.57. The third-order valence-electron chi connectivity index (χ3n) is 4.77. The van der Waals surface area contributed by atoms with E-state index in [1.807, 2.05) is 0 Å². The van der Waals surface area contributed by atoms with Crippen molar-refractivity contribution in [2.75, 3.05) is 5.75 Å². The van der Waals surface area contributed by atoms with Crippen LogP contribution in [0.15, 0.2) is 35.7 Å². The van der Waals surface area contributed by atoms with Crippen LogP contribution in [0.5, 0.6) is 0 Å². The lowest BCUT2D eigenvalue weighted by Crippen LogP contribution is -2.50. The minimum atomic E-state index is -3.50. The van der Waals surface area contributed by atoms with E-state index in [1.165, 1.54) is 0 Å². The fraction of sp³-hybridized carbons (Fsp3) is 0.526. The largest absolute Gasteiger partial charge is 0.465 e. The molecule has 0 aliphatic heterocycles. The maximum Gasteiger partial charge on any atom is 0.404 e. The monoisotopic (exact) mass is 380 g/mol. The van der Waals surface area contributed by atoms with Crippen molar-refractivity contribution in [2.45, 2.75) is 56.1 Å². The van der Waals surface area contributed by atoms with Crippen LogP contribution in [-0.2, 0) is 9.84 Å². The van der Waals surface area contributed by atoms with Gasteiger partial charge in [0.15, 0.2) is 9.84 Å². The maximum atomic E-state index is 12.8. The number of hydrogen-bond acceptors (Lipinski definition) is 4. The highest BCUT2D eigenvalue weighted by Crippen LogP contribution is 2.29. The number of rotatable bonds is 7. The molecule has 1 aromatic rings. The van der Waals surface area contributed by atoms with Crippen molar-refractivity contribution in [1.29, 1.82) is 0 Å². The fourth-order valence-electron chi connectivity index (χ4n) is 3.61. The average Bonchev–Trinajstić information content (AvgIpc) is 2.56. The molecule has 0 saturated heterocycles. The molecule has 2 rings (SSSR count). The van der Waals surface area contributed by atoms with Crippen LogP contribution in [0.3, 0.4) is 0 Å². The molecule has 0 aromatic heterocycles. The standard InChI is InChI=1S/C19H28N2O4S/c1-4-14-5-8-17(9-6-14)26(24,25)12-15-11-16(20-13(2)3)7-10-18(15)21-19(22)23/h4-6,8-9,13,15-16,18,20-21H,1,7,10-12H2,2-3H3,(H,22,23). The van der Waals surface area contributed by atoms with E-state index >= 15 is 0 Å². The molecule has 7 heteroatoms. The molecule has 1 fully saturated rings. The van der Waals surface area contributed by atoms with Gasteiger partial charge in [-0.25, -0.2) is 13.2 Å². The van der Waals surface area contributed by atoms with E-state index in [2.05, 4.69) is 31.1 Å². The third-order valence-corrected chi connectivity index (χ3v) is 6.63. The SMILES string of the molecule is C=Cc1ccc(S(=O)(=O)CC2CC(NC(C)C)CCC2NC(=O)O)cc1. The molecule has 1 aliphatic carbocycles. The highest BCUT2D eigenvalue weighted by Gasteiger charge is 2.35. The first-order chi connectivity index (χ1) is 12.2. The maximum absolute atomic E-state index is 12.8. The van der Waals surface area contributed by atoms with Gasteiger partial charge in [-0.05, 0) is 42.9 Å². The van der Waals surface area contributed by atoms with Gasteiger partial charge in [-0.3, -0.25) is 0 Å². The van der Waals surface area contributed by atoms with Crippen LogP contribution in [0.4, 0.5) is 4.79 Å². The Morgan fingerprint density at radius 3 is 2.50 bits per heavy atom. The molecule has 0 spiro atoms. The van der Waals surface area contributed by atoms with E-state index in [9.17, 15) is 13.2 Å². The summed E-state index contributed by atoms with van der Waals surface area (Å²) in [7, 11) is -3.50. The zero-order valence-electron chi connectivity index (χ0n) is 15.3. The minimum absolute atomic E-state index is 0.0678. The van der Waals surface area contributed by atoms with Crippen LogP contribution in [0.1, 0.15) is 38.7 Å². The number of carbonyl (C=O) groups is 1. The molecule has 26 heavy (non-hydrogen) atoms. The second-order valence-electron chi connectivity index (χ2n) is 7.20. The summed E-state index contributed by atoms with van der Waals surface area (Å²) in [6, 6.07) is 6.75. The quantitative estimate of drug-likeness (QED) is 0.676. The van der Waals surface area contributed by atoms with Gasteiger partial charge in [0.25, 0.3) is 0 Å². The summed E-state index contributed by atoms with van der Waals surface area (Å²) in [6.07, 6.45) is 2.64. The number of amides is 1. The Morgan fingerprint density at radius 2 is 1.96 bits per heavy atom. The predicted molar refractivity (Wildman–Crippen MR) is 103 cm³/mol. The summed E-state index contributed by atoms with van der Waals surface area (Å²) < 4.78 is 25.7. The van der Waals surface area contributed by atoms with E-state index < -0.39 is 15.9 Å². The number of nitrogens with one attached hydrogen (secondary N) is 2. The van der Waals surface area contributed by atoms with Crippen molar-refractivity contribution >= 4 is 22.0 Å². The first kappa shape index (κ1) is 20.5. The summed E-state index contributed by atoms with van der Waals surface area (Å²) in [4.78, 5) is 11.4. The zero-order valence-corrected chi connectivity index (χ0v) is 16.1. The van der Waals surface area contributed by atoms with Crippen molar-refractivity contribution < 1.29 is 18.3 Å². The molecule has 3 N–H and O–H groups in total. The van der Waals surface area contributed by atoms with Crippen molar-refractivity contribution in [2.24, 2.45) is 5.92 Å². The van der Waals surface area contributed by atoms with Crippen LogP contribution < -0.4 is 10.6 Å². The number of hydrogen-bond donors (Lipinski definition) is 3. The van der Waals surface area contributed by atoms with Crippen LogP contribution in [0.2, 0.25) is 0 Å². The first-order valence-corrected chi connectivity index (χ1v) is 10.6. The highest BCUT2D eigenvalue weighted by molar-refractivity contribution is 7.91. The van der Waals surface area contributed by atoms with Gasteiger partial charge in [-0.1, -0.05) is 38.6 Å². The Balaban J connectivity index is 2.18. The van der Waals surface area contributed by atoms with Gasteiger partial charge in [-0.2, -0.15) is 0 Å². The number of sulfone groups is 1. The van der Waals surface area contributed by atoms with Gasteiger partial charge in [0.2, 0.25) is 0 Å². The fourth-order valence-corrected chi connectivity index (χ4v) is 5.28. The molecular formula is C19H28N2O4S. The number of benzene rings is 1. The smallest absolute Gasteiger partial charge is 0.404 e. The molecule has 1 aromatic carbocycles. The Bertz CT molecular complexity index is 728. The Kier molecular flexibility index (Phi) is 6.83. The second-order valence-corrected chi connectivity index (χ2v) is 9.24. The van der Waals surface area contributed by atoms with Gasteiger partial charge in [-0.15, -0.1) is 0 Å². The van der Waals surface area contributed by atoms with Gasteiger partial charge >= 0.3 is 6.09 Å². The summed E-state index contributed by atoms with van der Waals surface area (Å²) in [6.45, 7) is 7.77. The Morgan fingerprint density at radius 1 is 1.31 bits per heavy atom. The Labute approximate surface area is 155 Å². The minimum Gasteiger partial charge on any atom is -0.465 e. The van der Waals surface area contributed by atoms with Crippen molar-refractivity contribution in [3.63, 3.8) is 0 Å². The highest BCUT2D eigenvalue weighted by atomic mass is 32.2. The summed E-state index contributed by atoms with van der Waals surface area (Å²) >= 11 is 0. The Hall–Kier alpha value is -1.86. The average molecular weight is 381 g/mol. The van der Waals surface area contributed by atoms with Gasteiger partial charge in [0.1, 0.15) is 0 Å². The van der Waals surface area contributed by atoms with E-state index in [1.54, 1.807) is 30.3 Å². The molecule has 1 aliphatic rings. The lowest BCUT2D eigenvalue weighted by molar-refractivity contribution is 0.171. The summed E-state index contributed by atoms with van der Waals surface area (Å²) in [5.74, 6) is -0.332. The van der Waals surface area contributed by atoms with Gasteiger partial charge in [0, 0.05) is 18.1 Å². The lowest BCUT2D eigenvalue weighted by atomic mass is 9.82. The van der Waals surface area contributed by atoms with Crippen molar-refractivity contribution in [3.05, 3.63) is 36.4 Å². The molecule has 144 valence electrons. The van der Waals surface area contributed by atoms with Crippen LogP contribution in [0.25, 0.3) is 6.08 Å². The van der Waals surface area contributed by atoms with E-state index in [-0.39, 0.29) is 28.6 Å². The topological polar surface area (TPSA) is 95.5 Å². The molecule has 0 bridgehead atoms. The molecule has 1 amide bonds. The van der Waals surface area contributed by atoms with Crippen LogP contribution in [-0.4, -0.2) is 43.5 Å². The van der Waals surface area contributed by atoms with Crippen LogP contribution in [0, 0.1) is 5.92 Å². The predicted octanol–water partition coefficient (Wildman–Crippen LogP) is 2.91. The zero-order chi connectivity index (χ0) is 19.3. The van der Waals surface area contributed by atoms with E-state index in [4.69, 9.17) is 5.11 Å². The molecular weight excluding hydrogens is 352 g/mol. The molecule has 3 atom stereocenters. The van der Waals surface area contributed by atoms with Crippen molar-refractivity contribution in [3.8, 4) is 0 Å². The van der Waals surface area contributed by atoms with Gasteiger partial charge in [0.05, 0.1) is 10.6 Å². The summed E-state index contributed by atoms with van der Waals surface area (Å²) in [5, 5.41) is 15.0. The van der Waals surface area contributed by atoms with E-state index in [0.717, 1.165) is 12.0 Å². The van der Waals surface area contributed by atoms with Crippen molar-refractivity contribution in [1.82, 2.24) is 10.6 Å². The molecule has 0 radical (unpaired) electrons. The molecule has 1 saturated carbocycles. The first-order valence-electron chi connectivity index (χ1n) is 8.92. The number of carboxylic acid groups (broad SMARTS) is 1. The normalized spacial score (nSPS) is 23.6. The molecule has 0 heterocycles. The lowest BCUT2D eigenvalue weighted by Gasteiger charge is -2.37. The van der Waals surface area contributed by atoms with Crippen LogP contribution >= 0.6 is 0 Å². The second kappa shape index (κ2) is 8.68. The van der Waals surface area contributed by atoms with Gasteiger partial charge < -0.3 is 15.7 Å². The summed E-state index contributed by atoms with van der Waals surface area (Å²) in [5.41, 5.74) is 0.855. The van der Waals surface area contributed by atoms with E-state index in [0.29, 0.717) is 18.9 Å². The molecule has 3 unspecified atom stereocenters. The molecule has 6 nitrogen and oxygen atoms in total.